The van der Waals surface area contributed by atoms with Crippen LogP contribution in [0.5, 0.6) is 11.5 Å². The first-order valence-corrected chi connectivity index (χ1v) is 13.4. The molecule has 196 valence electrons. The molecule has 5 rings (SSSR count). The molecule has 1 aliphatic rings. The lowest BCUT2D eigenvalue weighted by molar-refractivity contribution is 0.0954. The van der Waals surface area contributed by atoms with Gasteiger partial charge in [-0.25, -0.2) is 4.98 Å². The summed E-state index contributed by atoms with van der Waals surface area (Å²) in [5.74, 6) is 2.23. The molecule has 0 saturated heterocycles. The van der Waals surface area contributed by atoms with Gasteiger partial charge >= 0.3 is 0 Å². The van der Waals surface area contributed by atoms with Crippen molar-refractivity contribution < 1.29 is 14.3 Å². The number of fused-ring (bicyclic) bond motifs is 1. The van der Waals surface area contributed by atoms with Crippen LogP contribution >= 0.6 is 0 Å². The van der Waals surface area contributed by atoms with Gasteiger partial charge in [0.05, 0.1) is 25.3 Å². The zero-order valence-corrected chi connectivity index (χ0v) is 22.2. The zero-order valence-electron chi connectivity index (χ0n) is 22.2. The van der Waals surface area contributed by atoms with Gasteiger partial charge in [0.15, 0.2) is 11.5 Å². The van der Waals surface area contributed by atoms with E-state index in [9.17, 15) is 4.79 Å². The number of hydrogen-bond donors (Lipinski definition) is 1. The summed E-state index contributed by atoms with van der Waals surface area (Å²) < 4.78 is 13.1. The van der Waals surface area contributed by atoms with Crippen LogP contribution < -0.4 is 14.8 Å². The number of amides is 1. The van der Waals surface area contributed by atoms with Gasteiger partial charge in [-0.1, -0.05) is 61.7 Å². The Hall–Kier alpha value is -4.06. The summed E-state index contributed by atoms with van der Waals surface area (Å²) in [6.07, 6.45) is 11.0. The van der Waals surface area contributed by atoms with Crippen molar-refractivity contribution in [3.63, 3.8) is 0 Å². The topological polar surface area (TPSA) is 65.4 Å². The number of carbonyl (C=O) groups is 1. The Kier molecular flexibility index (Phi) is 8.07. The number of carbonyl (C=O) groups excluding carboxylic acids is 1. The zero-order chi connectivity index (χ0) is 26.3. The predicted octanol–water partition coefficient (Wildman–Crippen LogP) is 6.70. The van der Waals surface area contributed by atoms with Gasteiger partial charge in [0.2, 0.25) is 0 Å². The van der Waals surface area contributed by atoms with Crippen molar-refractivity contribution in [2.45, 2.75) is 44.6 Å². The highest BCUT2D eigenvalue weighted by Gasteiger charge is 2.21. The maximum absolute atomic E-state index is 13.0. The second kappa shape index (κ2) is 12.0. The summed E-state index contributed by atoms with van der Waals surface area (Å²) >= 11 is 0. The lowest BCUT2D eigenvalue weighted by atomic mass is 9.95. The third-order valence-corrected chi connectivity index (χ3v) is 7.29. The highest BCUT2D eigenvalue weighted by atomic mass is 16.5. The molecule has 38 heavy (non-hydrogen) atoms. The molecule has 4 aromatic rings. The van der Waals surface area contributed by atoms with Gasteiger partial charge in [0.1, 0.15) is 5.82 Å². The molecule has 6 nitrogen and oxygen atoms in total. The number of benzene rings is 3. The van der Waals surface area contributed by atoms with Crippen LogP contribution in [0, 0.1) is 0 Å². The minimum Gasteiger partial charge on any atom is -0.493 e. The Morgan fingerprint density at radius 3 is 2.50 bits per heavy atom. The number of ether oxygens (including phenoxy) is 2. The van der Waals surface area contributed by atoms with Gasteiger partial charge in [0, 0.05) is 18.2 Å². The summed E-state index contributed by atoms with van der Waals surface area (Å²) in [6.45, 7) is 0.522. The molecule has 1 fully saturated rings. The molecule has 1 N–H and O–H groups in total. The first kappa shape index (κ1) is 25.6. The molecule has 0 aliphatic heterocycles. The van der Waals surface area contributed by atoms with Gasteiger partial charge < -0.3 is 19.4 Å². The van der Waals surface area contributed by atoms with E-state index in [1.807, 2.05) is 48.5 Å². The predicted molar refractivity (Wildman–Crippen MR) is 153 cm³/mol. The third kappa shape index (κ3) is 5.75. The molecule has 1 amide bonds. The first-order valence-electron chi connectivity index (χ1n) is 13.4. The molecule has 3 aromatic carbocycles. The Labute approximate surface area is 224 Å². The lowest BCUT2D eigenvalue weighted by Gasteiger charge is -2.25. The number of nitrogens with zero attached hydrogens (tertiary/aromatic N) is 2. The molecule has 0 atom stereocenters. The van der Waals surface area contributed by atoms with Crippen LogP contribution in [0.2, 0.25) is 0 Å². The normalized spacial score (nSPS) is 14.2. The maximum Gasteiger partial charge on any atom is 0.251 e. The fourth-order valence-corrected chi connectivity index (χ4v) is 5.29. The lowest BCUT2D eigenvalue weighted by Crippen LogP contribution is -2.25. The molecular weight excluding hydrogens is 474 g/mol. The number of aromatic nitrogens is 2. The molecule has 0 spiro atoms. The molecular formula is C32H35N3O3. The molecule has 0 unspecified atom stereocenters. The van der Waals surface area contributed by atoms with Crippen molar-refractivity contribution in [2.75, 3.05) is 20.8 Å². The second-order valence-corrected chi connectivity index (χ2v) is 9.77. The number of hydrogen-bond acceptors (Lipinski definition) is 4. The summed E-state index contributed by atoms with van der Waals surface area (Å²) in [6, 6.07) is 22.4. The Morgan fingerprint density at radius 2 is 1.74 bits per heavy atom. The highest BCUT2D eigenvalue weighted by molar-refractivity contribution is 5.97. The van der Waals surface area contributed by atoms with E-state index in [1.54, 1.807) is 14.2 Å². The van der Waals surface area contributed by atoms with Crippen LogP contribution in [-0.2, 0) is 6.42 Å². The number of nitrogens with one attached hydrogen (secondary N) is 1. The number of rotatable bonds is 9. The molecule has 1 aromatic heterocycles. The van der Waals surface area contributed by atoms with Crippen molar-refractivity contribution in [3.8, 4) is 11.5 Å². The van der Waals surface area contributed by atoms with E-state index in [0.717, 1.165) is 40.8 Å². The van der Waals surface area contributed by atoms with Crippen LogP contribution in [0.1, 0.15) is 65.5 Å². The first-order chi connectivity index (χ1) is 18.7. The van der Waals surface area contributed by atoms with Gasteiger partial charge in [-0.05, 0) is 66.8 Å². The van der Waals surface area contributed by atoms with E-state index in [2.05, 4.69) is 40.2 Å². The average Bonchev–Trinajstić information content (AvgIpc) is 3.34. The van der Waals surface area contributed by atoms with Crippen LogP contribution in [0.4, 0.5) is 0 Å². The standard InChI is InChI=1S/C32H35N3O3/c1-37-29-17-13-24(21-30(29)38-2)19-20-33-32(36)25-15-16-28-27(22-25)34-31(18-14-23-9-5-3-6-10-23)35(28)26-11-7-4-8-12-26/h3,5-6,9-10,13-18,21-22,26H,4,7-8,11-12,19-20H2,1-2H3,(H,33,36)/b18-14+. The van der Waals surface area contributed by atoms with E-state index >= 15 is 0 Å². The van der Waals surface area contributed by atoms with Crippen molar-refractivity contribution in [1.29, 1.82) is 0 Å². The summed E-state index contributed by atoms with van der Waals surface area (Å²) in [7, 11) is 3.24. The molecule has 0 radical (unpaired) electrons. The number of imidazole rings is 1. The smallest absolute Gasteiger partial charge is 0.251 e. The highest BCUT2D eigenvalue weighted by Crippen LogP contribution is 2.33. The van der Waals surface area contributed by atoms with Gasteiger partial charge in [-0.15, -0.1) is 0 Å². The Morgan fingerprint density at radius 1 is 0.947 bits per heavy atom. The summed E-state index contributed by atoms with van der Waals surface area (Å²) in [4.78, 5) is 18.0. The molecule has 1 aliphatic carbocycles. The monoisotopic (exact) mass is 509 g/mol. The number of methoxy groups -OCH3 is 2. The van der Waals surface area contributed by atoms with E-state index in [1.165, 1.54) is 19.3 Å². The van der Waals surface area contributed by atoms with E-state index < -0.39 is 0 Å². The van der Waals surface area contributed by atoms with E-state index in [4.69, 9.17) is 14.5 Å². The van der Waals surface area contributed by atoms with Gasteiger partial charge in [-0.3, -0.25) is 4.79 Å². The van der Waals surface area contributed by atoms with Crippen LogP contribution in [-0.4, -0.2) is 36.2 Å². The van der Waals surface area contributed by atoms with Crippen LogP contribution in [0.15, 0.2) is 66.7 Å². The second-order valence-electron chi connectivity index (χ2n) is 9.77. The average molecular weight is 510 g/mol. The van der Waals surface area contributed by atoms with E-state index in [0.29, 0.717) is 36.1 Å². The molecule has 6 heteroatoms. The minimum absolute atomic E-state index is 0.0963. The minimum atomic E-state index is -0.0963. The van der Waals surface area contributed by atoms with Gasteiger partial charge in [-0.2, -0.15) is 0 Å². The molecule has 1 saturated carbocycles. The van der Waals surface area contributed by atoms with Gasteiger partial charge in [0.25, 0.3) is 5.91 Å². The van der Waals surface area contributed by atoms with Crippen LogP contribution in [0.25, 0.3) is 23.2 Å². The molecule has 1 heterocycles. The summed E-state index contributed by atoms with van der Waals surface area (Å²) in [5.41, 5.74) is 4.78. The van der Waals surface area contributed by atoms with Crippen molar-refractivity contribution in [1.82, 2.24) is 14.9 Å². The fourth-order valence-electron chi connectivity index (χ4n) is 5.29. The SMILES string of the molecule is COc1ccc(CCNC(=O)c2ccc3c(c2)nc(/C=C/c2ccccc2)n3C2CCCCC2)cc1OC. The van der Waals surface area contributed by atoms with Crippen LogP contribution in [0.3, 0.4) is 0 Å². The third-order valence-electron chi connectivity index (χ3n) is 7.29. The van der Waals surface area contributed by atoms with Crippen molar-refractivity contribution in [2.24, 2.45) is 0 Å². The Balaban J connectivity index is 1.34. The maximum atomic E-state index is 13.0. The Bertz CT molecular complexity index is 1420. The van der Waals surface area contributed by atoms with E-state index in [-0.39, 0.29) is 5.91 Å². The van der Waals surface area contributed by atoms with Crippen molar-refractivity contribution >= 4 is 29.1 Å². The summed E-state index contributed by atoms with van der Waals surface area (Å²) in [5, 5.41) is 3.05. The molecule has 0 bridgehead atoms. The van der Waals surface area contributed by atoms with Crippen molar-refractivity contribution in [3.05, 3.63) is 89.2 Å². The quantitative estimate of drug-likeness (QED) is 0.273. The fraction of sp³-hybridized carbons (Fsp3) is 0.312. The largest absolute Gasteiger partial charge is 0.493 e.